The molecule has 1 rings (SSSR count). The molecule has 0 unspecified atom stereocenters. The zero-order valence-corrected chi connectivity index (χ0v) is 10.1. The molecule has 0 aliphatic heterocycles. The molecule has 4 heteroatoms. The first-order valence-electron chi connectivity index (χ1n) is 5.40. The molecule has 3 N–H and O–H groups in total. The summed E-state index contributed by atoms with van der Waals surface area (Å²) in [7, 11) is 0. The molecule has 0 saturated carbocycles. The molecule has 0 bridgehead atoms. The minimum absolute atomic E-state index is 0.224. The second kappa shape index (κ2) is 7.82. The molecule has 1 aromatic rings. The highest BCUT2D eigenvalue weighted by Gasteiger charge is 1.97. The Morgan fingerprint density at radius 2 is 2.07 bits per heavy atom. The zero-order chi connectivity index (χ0) is 10.9. The predicted octanol–water partition coefficient (Wildman–Crippen LogP) is 1.12. The number of hydrogen-bond donors (Lipinski definition) is 3. The summed E-state index contributed by atoms with van der Waals surface area (Å²) in [4.78, 5) is 1.43. The van der Waals surface area contributed by atoms with Crippen molar-refractivity contribution in [1.29, 1.82) is 0 Å². The van der Waals surface area contributed by atoms with Crippen molar-refractivity contribution in [2.45, 2.75) is 19.9 Å². The van der Waals surface area contributed by atoms with Crippen LogP contribution in [-0.4, -0.2) is 31.3 Å². The predicted molar refractivity (Wildman–Crippen MR) is 65.3 cm³/mol. The molecule has 1 heterocycles. The average molecular weight is 228 g/mol. The Labute approximate surface area is 95.5 Å². The third kappa shape index (κ3) is 5.28. The standard InChI is InChI=1S/C11H20N2OS/c1-10-3-8-15-11(10)9-13-5-2-4-12-6-7-14/h3,8,12-14H,2,4-7,9H2,1H3. The lowest BCUT2D eigenvalue weighted by atomic mass is 10.3. The molecule has 1 aromatic heterocycles. The quantitative estimate of drug-likeness (QED) is 0.584. The molecule has 0 atom stereocenters. The lowest BCUT2D eigenvalue weighted by Crippen LogP contribution is -2.23. The van der Waals surface area contributed by atoms with Gasteiger partial charge >= 0.3 is 0 Å². The van der Waals surface area contributed by atoms with Crippen LogP contribution >= 0.6 is 11.3 Å². The second-order valence-corrected chi connectivity index (χ2v) is 4.53. The summed E-state index contributed by atoms with van der Waals surface area (Å²) in [6, 6.07) is 2.16. The molecule has 0 aromatic carbocycles. The van der Waals surface area contributed by atoms with Crippen molar-refractivity contribution in [2.75, 3.05) is 26.2 Å². The normalized spacial score (nSPS) is 10.8. The average Bonchev–Trinajstić information content (AvgIpc) is 2.63. The maximum Gasteiger partial charge on any atom is 0.0555 e. The van der Waals surface area contributed by atoms with Gasteiger partial charge in [0.25, 0.3) is 0 Å². The van der Waals surface area contributed by atoms with Crippen LogP contribution < -0.4 is 10.6 Å². The zero-order valence-electron chi connectivity index (χ0n) is 9.25. The van der Waals surface area contributed by atoms with Crippen molar-refractivity contribution in [2.24, 2.45) is 0 Å². The van der Waals surface area contributed by atoms with Crippen molar-refractivity contribution in [1.82, 2.24) is 10.6 Å². The van der Waals surface area contributed by atoms with Gasteiger partial charge in [0.2, 0.25) is 0 Å². The Morgan fingerprint density at radius 3 is 2.73 bits per heavy atom. The first kappa shape index (κ1) is 12.6. The molecule has 0 saturated heterocycles. The molecule has 0 aliphatic rings. The van der Waals surface area contributed by atoms with E-state index >= 15 is 0 Å². The molecule has 0 spiro atoms. The number of hydrogen-bond acceptors (Lipinski definition) is 4. The van der Waals surface area contributed by atoms with Crippen LogP contribution in [0.1, 0.15) is 16.9 Å². The van der Waals surface area contributed by atoms with Crippen molar-refractivity contribution in [3.63, 3.8) is 0 Å². The Kier molecular flexibility index (Phi) is 6.59. The van der Waals surface area contributed by atoms with Crippen LogP contribution in [-0.2, 0) is 6.54 Å². The van der Waals surface area contributed by atoms with Gasteiger partial charge in [-0.15, -0.1) is 11.3 Å². The van der Waals surface area contributed by atoms with Crippen LogP contribution in [0.3, 0.4) is 0 Å². The number of rotatable bonds is 8. The first-order chi connectivity index (χ1) is 7.34. The minimum atomic E-state index is 0.224. The molecule has 86 valence electrons. The van der Waals surface area contributed by atoms with Crippen LogP contribution in [0.25, 0.3) is 0 Å². The summed E-state index contributed by atoms with van der Waals surface area (Å²) in [5, 5.41) is 17.2. The van der Waals surface area contributed by atoms with Gasteiger partial charge in [-0.25, -0.2) is 0 Å². The van der Waals surface area contributed by atoms with Crippen LogP contribution in [0.15, 0.2) is 11.4 Å². The third-order valence-corrected chi connectivity index (χ3v) is 3.27. The van der Waals surface area contributed by atoms with Crippen LogP contribution in [0, 0.1) is 6.92 Å². The Morgan fingerprint density at radius 1 is 1.27 bits per heavy atom. The molecule has 15 heavy (non-hydrogen) atoms. The molecule has 0 aliphatic carbocycles. The maximum atomic E-state index is 8.55. The van der Waals surface area contributed by atoms with E-state index < -0.39 is 0 Å². The largest absolute Gasteiger partial charge is 0.395 e. The van der Waals surface area contributed by atoms with Gasteiger partial charge in [-0.3, -0.25) is 0 Å². The van der Waals surface area contributed by atoms with E-state index in [-0.39, 0.29) is 6.61 Å². The Bertz CT molecular complexity index is 263. The van der Waals surface area contributed by atoms with Crippen molar-refractivity contribution in [3.05, 3.63) is 21.9 Å². The van der Waals surface area contributed by atoms with Gasteiger partial charge in [-0.1, -0.05) is 0 Å². The molecule has 3 nitrogen and oxygen atoms in total. The SMILES string of the molecule is Cc1ccsc1CNCCCNCCO. The van der Waals surface area contributed by atoms with Gasteiger partial charge in [0.15, 0.2) is 0 Å². The van der Waals surface area contributed by atoms with Crippen molar-refractivity contribution in [3.8, 4) is 0 Å². The van der Waals surface area contributed by atoms with E-state index in [1.54, 1.807) is 0 Å². The van der Waals surface area contributed by atoms with Crippen LogP contribution in [0.5, 0.6) is 0 Å². The minimum Gasteiger partial charge on any atom is -0.395 e. The van der Waals surface area contributed by atoms with Gasteiger partial charge in [-0.05, 0) is 43.4 Å². The highest BCUT2D eigenvalue weighted by Crippen LogP contribution is 2.14. The van der Waals surface area contributed by atoms with E-state index in [4.69, 9.17) is 5.11 Å². The highest BCUT2D eigenvalue weighted by molar-refractivity contribution is 7.10. The summed E-state index contributed by atoms with van der Waals surface area (Å²) < 4.78 is 0. The van der Waals surface area contributed by atoms with Crippen LogP contribution in [0.4, 0.5) is 0 Å². The highest BCUT2D eigenvalue weighted by atomic mass is 32.1. The number of nitrogens with one attached hydrogen (secondary N) is 2. The monoisotopic (exact) mass is 228 g/mol. The van der Waals surface area contributed by atoms with E-state index in [1.165, 1.54) is 10.4 Å². The maximum absolute atomic E-state index is 8.55. The lowest BCUT2D eigenvalue weighted by molar-refractivity contribution is 0.292. The van der Waals surface area contributed by atoms with Gasteiger partial charge < -0.3 is 15.7 Å². The van der Waals surface area contributed by atoms with Gasteiger partial charge in [0, 0.05) is 18.0 Å². The Hall–Kier alpha value is -0.420. The first-order valence-corrected chi connectivity index (χ1v) is 6.28. The number of aryl methyl sites for hydroxylation is 1. The van der Waals surface area contributed by atoms with E-state index in [9.17, 15) is 0 Å². The van der Waals surface area contributed by atoms with Crippen LogP contribution in [0.2, 0.25) is 0 Å². The van der Waals surface area contributed by atoms with Crippen molar-refractivity contribution < 1.29 is 5.11 Å². The van der Waals surface area contributed by atoms with E-state index in [0.29, 0.717) is 6.54 Å². The molecule has 0 fully saturated rings. The topological polar surface area (TPSA) is 44.3 Å². The fraction of sp³-hybridized carbons (Fsp3) is 0.636. The summed E-state index contributed by atoms with van der Waals surface area (Å²) in [5.41, 5.74) is 1.38. The summed E-state index contributed by atoms with van der Waals surface area (Å²) in [6.45, 7) is 6.04. The smallest absolute Gasteiger partial charge is 0.0555 e. The third-order valence-electron chi connectivity index (χ3n) is 2.25. The molecule has 0 amide bonds. The van der Waals surface area contributed by atoms with Gasteiger partial charge in [0.1, 0.15) is 0 Å². The molecule has 0 radical (unpaired) electrons. The second-order valence-electron chi connectivity index (χ2n) is 3.53. The van der Waals surface area contributed by atoms with E-state index in [2.05, 4.69) is 29.0 Å². The summed E-state index contributed by atoms with van der Waals surface area (Å²) >= 11 is 1.81. The van der Waals surface area contributed by atoms with Crippen molar-refractivity contribution >= 4 is 11.3 Å². The fourth-order valence-electron chi connectivity index (χ4n) is 1.33. The number of thiophene rings is 1. The lowest BCUT2D eigenvalue weighted by Gasteiger charge is -2.05. The summed E-state index contributed by atoms with van der Waals surface area (Å²) in [5.74, 6) is 0. The number of aliphatic hydroxyl groups is 1. The fourth-order valence-corrected chi connectivity index (χ4v) is 2.21. The van der Waals surface area contributed by atoms with Gasteiger partial charge in [-0.2, -0.15) is 0 Å². The summed E-state index contributed by atoms with van der Waals surface area (Å²) in [6.07, 6.45) is 1.10. The van der Waals surface area contributed by atoms with Gasteiger partial charge in [0.05, 0.1) is 6.61 Å². The van der Waals surface area contributed by atoms with E-state index in [0.717, 1.165) is 26.1 Å². The Balaban J connectivity index is 1.96. The molecular weight excluding hydrogens is 208 g/mol. The molecular formula is C11H20N2OS. The van der Waals surface area contributed by atoms with E-state index in [1.807, 2.05) is 11.3 Å². The number of aliphatic hydroxyl groups excluding tert-OH is 1.